The van der Waals surface area contributed by atoms with E-state index in [9.17, 15) is 4.39 Å². The first-order valence-electron chi connectivity index (χ1n) is 7.61. The van der Waals surface area contributed by atoms with E-state index in [0.29, 0.717) is 0 Å². The quantitative estimate of drug-likeness (QED) is 0.641. The van der Waals surface area contributed by atoms with Crippen LogP contribution in [0.15, 0.2) is 42.5 Å². The Balaban J connectivity index is 1.87. The minimum atomic E-state index is -0.126. The molecular weight excluding hydrogens is 247 g/mol. The van der Waals surface area contributed by atoms with E-state index in [0.717, 1.165) is 22.6 Å². The van der Waals surface area contributed by atoms with Crippen molar-refractivity contribution in [2.24, 2.45) is 0 Å². The lowest BCUT2D eigenvalue weighted by Crippen LogP contribution is -2.04. The summed E-state index contributed by atoms with van der Waals surface area (Å²) in [7, 11) is 0. The molecule has 2 aromatic rings. The van der Waals surface area contributed by atoms with Crippen LogP contribution in [0.1, 0.15) is 49.1 Å². The summed E-state index contributed by atoms with van der Waals surface area (Å²) in [4.78, 5) is 0. The van der Waals surface area contributed by atoms with Crippen molar-refractivity contribution in [2.75, 3.05) is 0 Å². The first-order chi connectivity index (χ1) is 9.75. The first-order valence-corrected chi connectivity index (χ1v) is 7.61. The van der Waals surface area contributed by atoms with E-state index in [-0.39, 0.29) is 5.82 Å². The maximum absolute atomic E-state index is 13.6. The van der Waals surface area contributed by atoms with E-state index in [4.69, 9.17) is 0 Å². The summed E-state index contributed by atoms with van der Waals surface area (Å²) in [5.74, 6) is 0.602. The van der Waals surface area contributed by atoms with Gasteiger partial charge < -0.3 is 0 Å². The molecule has 0 saturated heterocycles. The Hall–Kier alpha value is -1.63. The summed E-state index contributed by atoms with van der Waals surface area (Å²) in [5.41, 5.74) is 4.29. The average Bonchev–Trinajstić information content (AvgIpc) is 2.51. The first kappa shape index (κ1) is 13.4. The van der Waals surface area contributed by atoms with Gasteiger partial charge in [-0.25, -0.2) is 4.39 Å². The van der Waals surface area contributed by atoms with Crippen LogP contribution in [0, 0.1) is 12.7 Å². The van der Waals surface area contributed by atoms with Gasteiger partial charge in [-0.3, -0.25) is 0 Å². The number of hydrogen-bond donors (Lipinski definition) is 0. The Morgan fingerprint density at radius 1 is 0.900 bits per heavy atom. The molecule has 0 atom stereocenters. The predicted octanol–water partition coefficient (Wildman–Crippen LogP) is 5.85. The third-order valence-corrected chi connectivity index (χ3v) is 4.57. The summed E-state index contributed by atoms with van der Waals surface area (Å²) >= 11 is 0. The van der Waals surface area contributed by atoms with Gasteiger partial charge in [0.25, 0.3) is 0 Å². The van der Waals surface area contributed by atoms with Gasteiger partial charge in [-0.2, -0.15) is 0 Å². The maximum Gasteiger partial charge on any atom is 0.126 e. The fraction of sp³-hybridized carbons (Fsp3) is 0.368. The molecule has 0 aliphatic heterocycles. The number of rotatable bonds is 2. The summed E-state index contributed by atoms with van der Waals surface area (Å²) in [6.45, 7) is 1.85. The second-order valence-corrected chi connectivity index (χ2v) is 5.87. The number of halogens is 1. The molecule has 1 heteroatoms. The summed E-state index contributed by atoms with van der Waals surface area (Å²) in [6.07, 6.45) is 6.73. The van der Waals surface area contributed by atoms with Crippen molar-refractivity contribution in [1.29, 1.82) is 0 Å². The molecule has 1 fully saturated rings. The molecule has 20 heavy (non-hydrogen) atoms. The third-order valence-electron chi connectivity index (χ3n) is 4.57. The Labute approximate surface area is 120 Å². The molecule has 3 rings (SSSR count). The maximum atomic E-state index is 13.6. The van der Waals surface area contributed by atoms with Crippen molar-refractivity contribution in [2.45, 2.75) is 44.9 Å². The average molecular weight is 268 g/mol. The molecule has 1 aliphatic carbocycles. The van der Waals surface area contributed by atoms with Crippen molar-refractivity contribution in [3.05, 3.63) is 59.4 Å². The van der Waals surface area contributed by atoms with Gasteiger partial charge in [0.15, 0.2) is 0 Å². The van der Waals surface area contributed by atoms with E-state index < -0.39 is 0 Å². The molecule has 1 aliphatic rings. The van der Waals surface area contributed by atoms with E-state index in [1.807, 2.05) is 13.0 Å². The van der Waals surface area contributed by atoms with Crippen LogP contribution in [-0.4, -0.2) is 0 Å². The topological polar surface area (TPSA) is 0 Å². The van der Waals surface area contributed by atoms with Crippen molar-refractivity contribution in [3.8, 4) is 11.1 Å². The highest BCUT2D eigenvalue weighted by molar-refractivity contribution is 5.67. The highest BCUT2D eigenvalue weighted by Gasteiger charge is 2.15. The van der Waals surface area contributed by atoms with Gasteiger partial charge in [0, 0.05) is 0 Å². The fourth-order valence-electron chi connectivity index (χ4n) is 3.29. The minimum Gasteiger partial charge on any atom is -0.207 e. The van der Waals surface area contributed by atoms with E-state index in [2.05, 4.69) is 24.3 Å². The molecule has 0 N–H and O–H groups in total. The molecule has 0 radical (unpaired) electrons. The molecule has 0 nitrogen and oxygen atoms in total. The van der Waals surface area contributed by atoms with Crippen LogP contribution in [0.3, 0.4) is 0 Å². The molecule has 0 bridgehead atoms. The molecule has 2 aromatic carbocycles. The summed E-state index contributed by atoms with van der Waals surface area (Å²) in [5, 5.41) is 0. The van der Waals surface area contributed by atoms with Crippen molar-refractivity contribution >= 4 is 0 Å². The standard InChI is InChI=1S/C19H21F/c1-14-18(8-5-9-19(14)20)17-12-10-16(11-13-17)15-6-3-2-4-7-15/h5,8-13,15H,2-4,6-7H2,1H3. The van der Waals surface area contributed by atoms with Crippen LogP contribution >= 0.6 is 0 Å². The van der Waals surface area contributed by atoms with Gasteiger partial charge in [0.05, 0.1) is 0 Å². The Morgan fingerprint density at radius 2 is 1.60 bits per heavy atom. The SMILES string of the molecule is Cc1c(F)cccc1-c1ccc(C2CCCCC2)cc1. The monoisotopic (exact) mass is 268 g/mol. The zero-order chi connectivity index (χ0) is 13.9. The second kappa shape index (κ2) is 5.78. The fourth-order valence-corrected chi connectivity index (χ4v) is 3.29. The lowest BCUT2D eigenvalue weighted by atomic mass is 9.83. The van der Waals surface area contributed by atoms with Crippen LogP contribution in [-0.2, 0) is 0 Å². The highest BCUT2D eigenvalue weighted by Crippen LogP contribution is 2.34. The van der Waals surface area contributed by atoms with Gasteiger partial charge >= 0.3 is 0 Å². The zero-order valence-corrected chi connectivity index (χ0v) is 12.0. The molecule has 1 saturated carbocycles. The van der Waals surface area contributed by atoms with Gasteiger partial charge in [0.2, 0.25) is 0 Å². The van der Waals surface area contributed by atoms with Crippen LogP contribution in [0.2, 0.25) is 0 Å². The number of benzene rings is 2. The highest BCUT2D eigenvalue weighted by atomic mass is 19.1. The lowest BCUT2D eigenvalue weighted by molar-refractivity contribution is 0.443. The van der Waals surface area contributed by atoms with Crippen molar-refractivity contribution in [1.82, 2.24) is 0 Å². The molecule has 0 heterocycles. The van der Waals surface area contributed by atoms with E-state index in [1.165, 1.54) is 43.7 Å². The molecule has 104 valence electrons. The molecule has 0 unspecified atom stereocenters. The minimum absolute atomic E-state index is 0.126. The summed E-state index contributed by atoms with van der Waals surface area (Å²) in [6, 6.07) is 14.1. The van der Waals surface area contributed by atoms with Crippen LogP contribution in [0.5, 0.6) is 0 Å². The van der Waals surface area contributed by atoms with Crippen molar-refractivity contribution < 1.29 is 4.39 Å². The normalized spacial score (nSPS) is 16.3. The molecule has 0 aromatic heterocycles. The summed E-state index contributed by atoms with van der Waals surface area (Å²) < 4.78 is 13.6. The second-order valence-electron chi connectivity index (χ2n) is 5.87. The third kappa shape index (κ3) is 2.63. The predicted molar refractivity (Wildman–Crippen MR) is 82.4 cm³/mol. The zero-order valence-electron chi connectivity index (χ0n) is 12.0. The van der Waals surface area contributed by atoms with E-state index in [1.54, 1.807) is 6.07 Å². The van der Waals surface area contributed by atoms with Crippen LogP contribution < -0.4 is 0 Å². The van der Waals surface area contributed by atoms with Gasteiger partial charge in [0.1, 0.15) is 5.82 Å². The number of hydrogen-bond acceptors (Lipinski definition) is 0. The Morgan fingerprint density at radius 3 is 2.30 bits per heavy atom. The van der Waals surface area contributed by atoms with Crippen LogP contribution in [0.4, 0.5) is 4.39 Å². The van der Waals surface area contributed by atoms with Gasteiger partial charge in [-0.05, 0) is 54.0 Å². The van der Waals surface area contributed by atoms with Gasteiger partial charge in [-0.15, -0.1) is 0 Å². The van der Waals surface area contributed by atoms with Crippen molar-refractivity contribution in [3.63, 3.8) is 0 Å². The molecule has 0 amide bonds. The van der Waals surface area contributed by atoms with Gasteiger partial charge in [-0.1, -0.05) is 55.7 Å². The Kier molecular flexibility index (Phi) is 3.86. The molecular formula is C19H21F. The van der Waals surface area contributed by atoms with Crippen LogP contribution in [0.25, 0.3) is 11.1 Å². The molecule has 0 spiro atoms. The smallest absolute Gasteiger partial charge is 0.126 e. The Bertz CT molecular complexity index is 577. The largest absolute Gasteiger partial charge is 0.207 e. The van der Waals surface area contributed by atoms with E-state index >= 15 is 0 Å². The lowest BCUT2D eigenvalue weighted by Gasteiger charge is -2.22.